The van der Waals surface area contributed by atoms with Gasteiger partial charge in [0.05, 0.1) is 12.7 Å². The number of aromatic nitrogens is 1. The molecule has 5 heteroatoms. The highest BCUT2D eigenvalue weighted by Crippen LogP contribution is 2.33. The van der Waals surface area contributed by atoms with Gasteiger partial charge in [-0.15, -0.1) is 11.3 Å². The highest BCUT2D eigenvalue weighted by Gasteiger charge is 2.37. The van der Waals surface area contributed by atoms with Crippen molar-refractivity contribution in [2.45, 2.75) is 57.7 Å². The zero-order valence-corrected chi connectivity index (χ0v) is 17.1. The van der Waals surface area contributed by atoms with Gasteiger partial charge in [0.15, 0.2) is 0 Å². The van der Waals surface area contributed by atoms with Gasteiger partial charge < -0.3 is 9.84 Å². The van der Waals surface area contributed by atoms with Crippen LogP contribution in [-0.4, -0.2) is 46.9 Å². The summed E-state index contributed by atoms with van der Waals surface area (Å²) in [6.45, 7) is 7.85. The van der Waals surface area contributed by atoms with Crippen molar-refractivity contribution in [3.05, 3.63) is 40.9 Å². The van der Waals surface area contributed by atoms with Crippen LogP contribution >= 0.6 is 11.3 Å². The molecule has 2 aromatic rings. The molecule has 0 aliphatic carbocycles. The second kappa shape index (κ2) is 8.39. The van der Waals surface area contributed by atoms with Gasteiger partial charge in [-0.2, -0.15) is 0 Å². The molecule has 3 unspecified atom stereocenters. The van der Waals surface area contributed by atoms with E-state index < -0.39 is 0 Å². The van der Waals surface area contributed by atoms with Crippen LogP contribution < -0.4 is 0 Å². The first-order chi connectivity index (χ1) is 13.1. The molecular formula is C22H30N2O2S. The summed E-state index contributed by atoms with van der Waals surface area (Å²) in [5.74, 6) is 0.800. The summed E-state index contributed by atoms with van der Waals surface area (Å²) in [6, 6.07) is 9.22. The Morgan fingerprint density at radius 3 is 2.81 bits per heavy atom. The maximum absolute atomic E-state index is 10.4. The minimum Gasteiger partial charge on any atom is -0.393 e. The van der Waals surface area contributed by atoms with E-state index in [9.17, 15) is 5.11 Å². The van der Waals surface area contributed by atoms with Crippen LogP contribution in [0.25, 0.3) is 10.6 Å². The summed E-state index contributed by atoms with van der Waals surface area (Å²) >= 11 is 1.79. The van der Waals surface area contributed by atoms with Crippen molar-refractivity contribution in [1.29, 1.82) is 0 Å². The smallest absolute Gasteiger partial charge is 0.123 e. The van der Waals surface area contributed by atoms with Gasteiger partial charge in [-0.3, -0.25) is 4.90 Å². The number of hydrogen-bond donors (Lipinski definition) is 1. The topological polar surface area (TPSA) is 45.6 Å². The molecule has 0 bridgehead atoms. The van der Waals surface area contributed by atoms with Crippen LogP contribution in [0.2, 0.25) is 0 Å². The molecule has 0 radical (unpaired) electrons. The molecule has 2 aliphatic heterocycles. The van der Waals surface area contributed by atoms with Crippen LogP contribution in [0.1, 0.15) is 49.5 Å². The summed E-state index contributed by atoms with van der Waals surface area (Å²) < 4.78 is 5.66. The Hall–Kier alpha value is -1.27. The third-order valence-corrected chi connectivity index (χ3v) is 7.04. The fraction of sp³-hybridized carbons (Fsp3) is 0.591. The van der Waals surface area contributed by atoms with Gasteiger partial charge in [-0.1, -0.05) is 38.1 Å². The number of thiazole rings is 1. The van der Waals surface area contributed by atoms with Crippen LogP contribution in [0, 0.1) is 5.92 Å². The lowest BCUT2D eigenvalue weighted by molar-refractivity contribution is -0.0635. The molecular weight excluding hydrogens is 356 g/mol. The van der Waals surface area contributed by atoms with E-state index in [2.05, 4.69) is 48.0 Å². The first-order valence-electron chi connectivity index (χ1n) is 10.2. The second-order valence-electron chi connectivity index (χ2n) is 8.18. The molecule has 4 nitrogen and oxygen atoms in total. The average molecular weight is 387 g/mol. The van der Waals surface area contributed by atoms with Crippen LogP contribution in [-0.2, 0) is 11.3 Å². The van der Waals surface area contributed by atoms with E-state index in [1.54, 1.807) is 11.3 Å². The minimum absolute atomic E-state index is 0.221. The lowest BCUT2D eigenvalue weighted by Gasteiger charge is -2.36. The highest BCUT2D eigenvalue weighted by atomic mass is 32.1. The number of aliphatic hydroxyl groups is 1. The Morgan fingerprint density at radius 1 is 1.26 bits per heavy atom. The van der Waals surface area contributed by atoms with E-state index in [0.29, 0.717) is 25.2 Å². The maximum Gasteiger partial charge on any atom is 0.123 e. The van der Waals surface area contributed by atoms with E-state index in [0.717, 1.165) is 30.9 Å². The molecule has 0 amide bonds. The molecule has 2 fully saturated rings. The van der Waals surface area contributed by atoms with Gasteiger partial charge in [-0.25, -0.2) is 4.98 Å². The molecule has 4 rings (SSSR count). The fourth-order valence-electron chi connectivity index (χ4n) is 4.37. The molecule has 0 saturated carbocycles. The fourth-order valence-corrected chi connectivity index (χ4v) is 5.32. The van der Waals surface area contributed by atoms with Crippen molar-refractivity contribution < 1.29 is 9.84 Å². The number of aliphatic hydroxyl groups excluding tert-OH is 1. The first kappa shape index (κ1) is 19.1. The molecule has 1 N–H and O–H groups in total. The minimum atomic E-state index is -0.221. The Balaban J connectivity index is 1.44. The Kier molecular flexibility index (Phi) is 5.93. The molecule has 27 heavy (non-hydrogen) atoms. The molecule has 0 spiro atoms. The van der Waals surface area contributed by atoms with Gasteiger partial charge in [0.2, 0.25) is 0 Å². The molecule has 146 valence electrons. The Labute approximate surface area is 166 Å². The van der Waals surface area contributed by atoms with Gasteiger partial charge in [-0.05, 0) is 37.3 Å². The molecule has 3 atom stereocenters. The summed E-state index contributed by atoms with van der Waals surface area (Å²) in [6.07, 6.45) is 4.94. The SMILES string of the molecule is CC(C)c1ccc(-c2ncc(CN3CCCC3C3COCCC3O)s2)cc1. The Morgan fingerprint density at radius 2 is 2.07 bits per heavy atom. The molecule has 1 aromatic heterocycles. The number of hydrogen-bond acceptors (Lipinski definition) is 5. The number of rotatable bonds is 5. The molecule has 2 aliphatic rings. The van der Waals surface area contributed by atoms with Crippen molar-refractivity contribution in [1.82, 2.24) is 9.88 Å². The van der Waals surface area contributed by atoms with Crippen LogP contribution in [0.4, 0.5) is 0 Å². The monoisotopic (exact) mass is 386 g/mol. The van der Waals surface area contributed by atoms with E-state index in [1.165, 1.54) is 22.4 Å². The van der Waals surface area contributed by atoms with Crippen LogP contribution in [0.3, 0.4) is 0 Å². The van der Waals surface area contributed by atoms with E-state index in [-0.39, 0.29) is 12.0 Å². The number of benzene rings is 1. The largest absolute Gasteiger partial charge is 0.393 e. The van der Waals surface area contributed by atoms with Crippen LogP contribution in [0.5, 0.6) is 0 Å². The first-order valence-corrected chi connectivity index (χ1v) is 11.0. The van der Waals surface area contributed by atoms with Crippen molar-refractivity contribution in [2.24, 2.45) is 5.92 Å². The summed E-state index contributed by atoms with van der Waals surface area (Å²) in [7, 11) is 0. The average Bonchev–Trinajstić information content (AvgIpc) is 3.32. The normalized spacial score (nSPS) is 26.7. The summed E-state index contributed by atoms with van der Waals surface area (Å²) in [4.78, 5) is 8.50. The molecule has 2 saturated heterocycles. The quantitative estimate of drug-likeness (QED) is 0.832. The summed E-state index contributed by atoms with van der Waals surface area (Å²) in [5, 5.41) is 11.5. The van der Waals surface area contributed by atoms with Crippen molar-refractivity contribution >= 4 is 11.3 Å². The van der Waals surface area contributed by atoms with Gasteiger partial charge in [0, 0.05) is 41.7 Å². The predicted octanol–water partition coefficient (Wildman–Crippen LogP) is 4.30. The van der Waals surface area contributed by atoms with Gasteiger partial charge >= 0.3 is 0 Å². The third kappa shape index (κ3) is 4.27. The molecule has 1 aromatic carbocycles. The number of likely N-dealkylation sites (tertiary alicyclic amines) is 1. The summed E-state index contributed by atoms with van der Waals surface area (Å²) in [5.41, 5.74) is 2.56. The van der Waals surface area contributed by atoms with Crippen molar-refractivity contribution in [3.63, 3.8) is 0 Å². The maximum atomic E-state index is 10.4. The Bertz CT molecular complexity index is 743. The zero-order chi connectivity index (χ0) is 18.8. The van der Waals surface area contributed by atoms with Gasteiger partial charge in [0.1, 0.15) is 5.01 Å². The van der Waals surface area contributed by atoms with Crippen molar-refractivity contribution in [2.75, 3.05) is 19.8 Å². The lowest BCUT2D eigenvalue weighted by Crippen LogP contribution is -2.45. The van der Waals surface area contributed by atoms with Crippen LogP contribution in [0.15, 0.2) is 30.5 Å². The second-order valence-corrected chi connectivity index (χ2v) is 9.30. The molecule has 3 heterocycles. The highest BCUT2D eigenvalue weighted by molar-refractivity contribution is 7.15. The standard InChI is InChI=1S/C22H30N2O2S/c1-15(2)16-5-7-17(8-6-16)22-23-12-18(27-22)13-24-10-3-4-20(24)19-14-26-11-9-21(19)25/h5-8,12,15,19-21,25H,3-4,9-11,13-14H2,1-2H3. The number of nitrogens with zero attached hydrogens (tertiary/aromatic N) is 2. The third-order valence-electron chi connectivity index (χ3n) is 6.01. The number of ether oxygens (including phenoxy) is 1. The lowest BCUT2D eigenvalue weighted by atomic mass is 9.89. The van der Waals surface area contributed by atoms with Gasteiger partial charge in [0.25, 0.3) is 0 Å². The van der Waals surface area contributed by atoms with E-state index in [4.69, 9.17) is 4.74 Å². The zero-order valence-electron chi connectivity index (χ0n) is 16.3. The predicted molar refractivity (Wildman–Crippen MR) is 110 cm³/mol. The van der Waals surface area contributed by atoms with E-state index in [1.807, 2.05) is 6.20 Å². The van der Waals surface area contributed by atoms with Crippen molar-refractivity contribution in [3.8, 4) is 10.6 Å². The van der Waals surface area contributed by atoms with E-state index >= 15 is 0 Å².